The van der Waals surface area contributed by atoms with E-state index >= 15 is 0 Å². The highest BCUT2D eigenvalue weighted by Gasteiger charge is 2.29. The number of fused-ring (bicyclic) bond motifs is 1. The fraction of sp³-hybridized carbons (Fsp3) is 0.167. The predicted octanol–water partition coefficient (Wildman–Crippen LogP) is 3.59. The number of aromatic nitrogens is 2. The zero-order valence-corrected chi connectivity index (χ0v) is 14.9. The molecule has 0 spiro atoms. The van der Waals surface area contributed by atoms with Gasteiger partial charge in [-0.2, -0.15) is 0 Å². The summed E-state index contributed by atoms with van der Waals surface area (Å²) >= 11 is 7.05. The number of nitrogens with zero attached hydrogens (tertiary/aromatic N) is 2. The molecule has 26 heavy (non-hydrogen) atoms. The molecule has 0 unspecified atom stereocenters. The minimum Gasteiger partial charge on any atom is -0.465 e. The normalized spacial score (nSPS) is 16.8. The van der Waals surface area contributed by atoms with Crippen molar-refractivity contribution in [3.8, 4) is 5.69 Å². The van der Waals surface area contributed by atoms with Gasteiger partial charge in [0.1, 0.15) is 11.1 Å². The number of thioether (sulfide) groups is 1. The van der Waals surface area contributed by atoms with Crippen molar-refractivity contribution in [1.29, 1.82) is 0 Å². The molecule has 1 aliphatic heterocycles. The average Bonchev–Trinajstić information content (AvgIpc) is 3.03. The quantitative estimate of drug-likeness (QED) is 0.505. The second kappa shape index (κ2) is 6.74. The fourth-order valence-electron chi connectivity index (χ4n) is 2.75. The van der Waals surface area contributed by atoms with E-state index in [1.807, 2.05) is 0 Å². The number of carbonyl (C=O) groups excluding carboxylic acids is 1. The molecule has 0 saturated carbocycles. The Bertz CT molecular complexity index is 1090. The minimum absolute atomic E-state index is 0.0983. The molecular weight excluding hydrogens is 379 g/mol. The van der Waals surface area contributed by atoms with Gasteiger partial charge < -0.3 is 4.74 Å². The van der Waals surface area contributed by atoms with Crippen molar-refractivity contribution in [2.24, 2.45) is 0 Å². The maximum atomic E-state index is 13.5. The minimum atomic E-state index is -0.578. The van der Waals surface area contributed by atoms with E-state index in [4.69, 9.17) is 16.3 Å². The maximum Gasteiger partial charge on any atom is 0.319 e. The Kier molecular flexibility index (Phi) is 4.42. The zero-order chi connectivity index (χ0) is 18.3. The predicted molar refractivity (Wildman–Crippen MR) is 97.5 cm³/mol. The first-order valence-electron chi connectivity index (χ1n) is 7.85. The first kappa shape index (κ1) is 17.1. The van der Waals surface area contributed by atoms with Crippen molar-refractivity contribution in [1.82, 2.24) is 9.55 Å². The lowest BCUT2D eigenvalue weighted by atomic mass is 10.2. The van der Waals surface area contributed by atoms with Crippen LogP contribution in [0.2, 0.25) is 5.02 Å². The van der Waals surface area contributed by atoms with Crippen molar-refractivity contribution in [3.05, 3.63) is 63.7 Å². The van der Waals surface area contributed by atoms with Crippen molar-refractivity contribution >= 4 is 40.2 Å². The molecule has 1 aliphatic rings. The first-order chi connectivity index (χ1) is 12.5. The third-order valence-corrected chi connectivity index (χ3v) is 5.53. The second-order valence-corrected chi connectivity index (χ2v) is 7.29. The van der Waals surface area contributed by atoms with E-state index < -0.39 is 11.1 Å². The number of ether oxygens (including phenoxy) is 1. The summed E-state index contributed by atoms with van der Waals surface area (Å²) in [5.41, 5.74) is 0.594. The Morgan fingerprint density at radius 3 is 2.77 bits per heavy atom. The van der Waals surface area contributed by atoms with Crippen LogP contribution in [0.1, 0.15) is 6.42 Å². The number of para-hydroxylation sites is 1. The van der Waals surface area contributed by atoms with Crippen LogP contribution in [-0.2, 0) is 9.53 Å². The van der Waals surface area contributed by atoms with E-state index in [0.717, 1.165) is 11.8 Å². The smallest absolute Gasteiger partial charge is 0.319 e. The average molecular weight is 391 g/mol. The van der Waals surface area contributed by atoms with E-state index in [1.165, 1.54) is 22.8 Å². The van der Waals surface area contributed by atoms with Gasteiger partial charge in [-0.3, -0.25) is 14.2 Å². The van der Waals surface area contributed by atoms with Crippen LogP contribution in [0.4, 0.5) is 4.39 Å². The van der Waals surface area contributed by atoms with Crippen LogP contribution in [0.5, 0.6) is 0 Å². The standard InChI is InChI=1S/C18H12ClFN2O3S/c19-12-9-10(5-6-13(12)20)22-16(23)11-3-1-2-4-14(11)21-18(22)26-15-7-8-25-17(15)24/h1-6,9,15H,7-8H2/t15-/m1/s1. The molecule has 0 bridgehead atoms. The molecule has 0 radical (unpaired) electrons. The number of halogens is 2. The second-order valence-electron chi connectivity index (χ2n) is 5.71. The van der Waals surface area contributed by atoms with E-state index in [-0.39, 0.29) is 16.6 Å². The third kappa shape index (κ3) is 2.97. The largest absolute Gasteiger partial charge is 0.465 e. The zero-order valence-electron chi connectivity index (χ0n) is 13.3. The topological polar surface area (TPSA) is 61.2 Å². The fourth-order valence-corrected chi connectivity index (χ4v) is 4.01. The van der Waals surface area contributed by atoms with Gasteiger partial charge in [0.05, 0.1) is 28.2 Å². The lowest BCUT2D eigenvalue weighted by molar-refractivity contribution is -0.137. The van der Waals surface area contributed by atoms with Crippen molar-refractivity contribution in [2.45, 2.75) is 16.8 Å². The Labute approximate surface area is 156 Å². The molecule has 1 atom stereocenters. The Morgan fingerprint density at radius 2 is 2.04 bits per heavy atom. The van der Waals surface area contributed by atoms with Gasteiger partial charge in [-0.25, -0.2) is 9.37 Å². The number of cyclic esters (lactones) is 1. The molecule has 5 nitrogen and oxygen atoms in total. The molecular formula is C18H12ClFN2O3S. The van der Waals surface area contributed by atoms with Gasteiger partial charge >= 0.3 is 5.97 Å². The summed E-state index contributed by atoms with van der Waals surface area (Å²) in [5, 5.41) is 0.218. The monoisotopic (exact) mass is 390 g/mol. The molecule has 1 aromatic heterocycles. The molecule has 2 aromatic carbocycles. The van der Waals surface area contributed by atoms with Crippen LogP contribution in [-0.4, -0.2) is 27.4 Å². The van der Waals surface area contributed by atoms with Crippen LogP contribution in [0.25, 0.3) is 16.6 Å². The SMILES string of the molecule is O=C1OCC[C@H]1Sc1nc2ccccc2c(=O)n1-c1ccc(F)c(Cl)c1. The highest BCUT2D eigenvalue weighted by Crippen LogP contribution is 2.30. The Morgan fingerprint density at radius 1 is 1.23 bits per heavy atom. The number of rotatable bonds is 3. The van der Waals surface area contributed by atoms with E-state index in [1.54, 1.807) is 24.3 Å². The van der Waals surface area contributed by atoms with E-state index in [2.05, 4.69) is 4.98 Å². The summed E-state index contributed by atoms with van der Waals surface area (Å²) in [6.45, 7) is 0.344. The molecule has 0 aliphatic carbocycles. The first-order valence-corrected chi connectivity index (χ1v) is 9.11. The van der Waals surface area contributed by atoms with Gasteiger partial charge in [-0.05, 0) is 30.3 Å². The van der Waals surface area contributed by atoms with Crippen molar-refractivity contribution < 1.29 is 13.9 Å². The van der Waals surface area contributed by atoms with Crippen LogP contribution in [0.15, 0.2) is 52.4 Å². The third-order valence-electron chi connectivity index (χ3n) is 4.04. The van der Waals surface area contributed by atoms with Crippen molar-refractivity contribution in [3.63, 3.8) is 0 Å². The van der Waals surface area contributed by atoms with Gasteiger partial charge in [0.25, 0.3) is 5.56 Å². The summed E-state index contributed by atoms with van der Waals surface area (Å²) in [5.74, 6) is -0.910. The molecule has 8 heteroatoms. The molecule has 1 saturated heterocycles. The Hall–Kier alpha value is -2.38. The number of benzene rings is 2. The van der Waals surface area contributed by atoms with Gasteiger partial charge in [0, 0.05) is 6.42 Å². The molecule has 3 aromatic rings. The van der Waals surface area contributed by atoms with Gasteiger partial charge in [0.2, 0.25) is 0 Å². The molecule has 132 valence electrons. The lowest BCUT2D eigenvalue weighted by Gasteiger charge is -2.15. The molecule has 0 amide bonds. The molecule has 1 fully saturated rings. The lowest BCUT2D eigenvalue weighted by Crippen LogP contribution is -2.23. The van der Waals surface area contributed by atoms with Crippen LogP contribution in [0.3, 0.4) is 0 Å². The Balaban J connectivity index is 1.94. The summed E-state index contributed by atoms with van der Waals surface area (Å²) < 4.78 is 19.9. The van der Waals surface area contributed by atoms with Crippen LogP contribution >= 0.6 is 23.4 Å². The number of esters is 1. The van der Waals surface area contributed by atoms with Crippen molar-refractivity contribution in [2.75, 3.05) is 6.61 Å². The molecule has 4 rings (SSSR count). The van der Waals surface area contributed by atoms with E-state index in [9.17, 15) is 14.0 Å². The summed E-state index contributed by atoms with van der Waals surface area (Å²) in [6, 6.07) is 10.9. The number of hydrogen-bond acceptors (Lipinski definition) is 5. The van der Waals surface area contributed by atoms with E-state index in [0.29, 0.717) is 34.8 Å². The van der Waals surface area contributed by atoms with Gasteiger partial charge in [0.15, 0.2) is 5.16 Å². The van der Waals surface area contributed by atoms with Gasteiger partial charge in [-0.1, -0.05) is 35.5 Å². The number of carbonyl (C=O) groups is 1. The molecule has 0 N–H and O–H groups in total. The highest BCUT2D eigenvalue weighted by atomic mass is 35.5. The summed E-state index contributed by atoms with van der Waals surface area (Å²) in [4.78, 5) is 29.4. The summed E-state index contributed by atoms with van der Waals surface area (Å²) in [6.07, 6.45) is 0.538. The maximum absolute atomic E-state index is 13.5. The summed E-state index contributed by atoms with van der Waals surface area (Å²) in [7, 11) is 0. The van der Waals surface area contributed by atoms with Crippen LogP contribution in [0, 0.1) is 5.82 Å². The van der Waals surface area contributed by atoms with Gasteiger partial charge in [-0.15, -0.1) is 0 Å². The highest BCUT2D eigenvalue weighted by molar-refractivity contribution is 8.00. The molecule has 2 heterocycles. The number of hydrogen-bond donors (Lipinski definition) is 0. The van der Waals surface area contributed by atoms with Crippen LogP contribution < -0.4 is 5.56 Å².